The van der Waals surface area contributed by atoms with Gasteiger partial charge in [0.1, 0.15) is 5.69 Å². The zero-order valence-electron chi connectivity index (χ0n) is 9.66. The van der Waals surface area contributed by atoms with Crippen molar-refractivity contribution < 1.29 is 4.79 Å². The van der Waals surface area contributed by atoms with Gasteiger partial charge in [0.25, 0.3) is 5.91 Å². The van der Waals surface area contributed by atoms with Crippen LogP contribution in [0.3, 0.4) is 0 Å². The van der Waals surface area contributed by atoms with E-state index in [2.05, 4.69) is 10.3 Å². The summed E-state index contributed by atoms with van der Waals surface area (Å²) in [6.07, 6.45) is 0. The minimum atomic E-state index is -0.103. The van der Waals surface area contributed by atoms with Crippen LogP contribution >= 0.6 is 0 Å². The number of aromatic amines is 1. The van der Waals surface area contributed by atoms with Crippen LogP contribution in [0.5, 0.6) is 0 Å². The minimum Gasteiger partial charge on any atom is -0.398 e. The number of nitrogens with one attached hydrogen (secondary N) is 2. The van der Waals surface area contributed by atoms with Gasteiger partial charge in [-0.25, -0.2) is 0 Å². The number of H-pyrrole nitrogens is 1. The van der Waals surface area contributed by atoms with Crippen LogP contribution in [0.25, 0.3) is 11.3 Å². The zero-order valence-corrected chi connectivity index (χ0v) is 9.66. The van der Waals surface area contributed by atoms with Crippen LogP contribution in [0.4, 0.5) is 5.69 Å². The number of nitrogen functional groups attached to an aromatic ring is 1. The molecule has 0 aliphatic heterocycles. The second-order valence-corrected chi connectivity index (χ2v) is 3.73. The summed E-state index contributed by atoms with van der Waals surface area (Å²) < 4.78 is 0. The molecule has 0 fully saturated rings. The molecule has 0 bridgehead atoms. The molecule has 0 unspecified atom stereocenters. The number of para-hydroxylation sites is 1. The van der Waals surface area contributed by atoms with Crippen LogP contribution in [0.2, 0.25) is 0 Å². The van der Waals surface area contributed by atoms with E-state index in [9.17, 15) is 4.79 Å². The van der Waals surface area contributed by atoms with Crippen molar-refractivity contribution in [1.29, 1.82) is 0 Å². The predicted octanol–water partition coefficient (Wildman–Crippen LogP) is 2.01. The summed E-state index contributed by atoms with van der Waals surface area (Å²) in [6, 6.07) is 11.2. The van der Waals surface area contributed by atoms with E-state index in [1.54, 1.807) is 6.07 Å². The Bertz CT molecular complexity index is 531. The quantitative estimate of drug-likeness (QED) is 0.704. The molecule has 1 heterocycles. The number of anilines is 1. The number of carbonyl (C=O) groups is 1. The average Bonchev–Trinajstić information content (AvgIpc) is 2.79. The van der Waals surface area contributed by atoms with E-state index >= 15 is 0 Å². The van der Waals surface area contributed by atoms with Gasteiger partial charge in [0.2, 0.25) is 0 Å². The molecule has 1 aromatic heterocycles. The highest BCUT2D eigenvalue weighted by Crippen LogP contribution is 2.24. The third-order valence-corrected chi connectivity index (χ3v) is 2.52. The molecular formula is C13H15N3O. The number of nitrogens with two attached hydrogens (primary N) is 1. The Morgan fingerprint density at radius 2 is 2.06 bits per heavy atom. The molecule has 0 aliphatic carbocycles. The summed E-state index contributed by atoms with van der Waals surface area (Å²) in [5, 5.41) is 2.74. The van der Waals surface area contributed by atoms with E-state index in [0.29, 0.717) is 17.9 Å². The van der Waals surface area contributed by atoms with Crippen LogP contribution in [0.1, 0.15) is 17.4 Å². The lowest BCUT2D eigenvalue weighted by atomic mass is 10.1. The monoisotopic (exact) mass is 229 g/mol. The SMILES string of the molecule is CCNC(=O)c1ccc(-c2ccccc2N)[nH]1. The van der Waals surface area contributed by atoms with E-state index in [1.165, 1.54) is 0 Å². The third kappa shape index (κ3) is 2.30. The van der Waals surface area contributed by atoms with Gasteiger partial charge in [-0.15, -0.1) is 0 Å². The van der Waals surface area contributed by atoms with Gasteiger partial charge in [-0.3, -0.25) is 4.79 Å². The van der Waals surface area contributed by atoms with E-state index in [-0.39, 0.29) is 5.91 Å². The van der Waals surface area contributed by atoms with E-state index in [1.807, 2.05) is 37.3 Å². The highest BCUT2D eigenvalue weighted by Gasteiger charge is 2.09. The summed E-state index contributed by atoms with van der Waals surface area (Å²) in [7, 11) is 0. The molecule has 2 rings (SSSR count). The molecule has 88 valence electrons. The summed E-state index contributed by atoms with van der Waals surface area (Å²) in [4.78, 5) is 14.7. The molecule has 2 aromatic rings. The number of hydrogen-bond donors (Lipinski definition) is 3. The highest BCUT2D eigenvalue weighted by atomic mass is 16.1. The fourth-order valence-electron chi connectivity index (χ4n) is 1.68. The van der Waals surface area contributed by atoms with Crippen molar-refractivity contribution in [3.05, 3.63) is 42.1 Å². The molecule has 0 aliphatic rings. The summed E-state index contributed by atoms with van der Waals surface area (Å²) >= 11 is 0. The van der Waals surface area contributed by atoms with Gasteiger partial charge in [-0.2, -0.15) is 0 Å². The van der Waals surface area contributed by atoms with E-state index < -0.39 is 0 Å². The standard InChI is InChI=1S/C13H15N3O/c1-2-15-13(17)12-8-7-11(16-12)9-5-3-4-6-10(9)14/h3-8,16H,2,14H2,1H3,(H,15,17). The van der Waals surface area contributed by atoms with Crippen molar-refractivity contribution in [3.63, 3.8) is 0 Å². The lowest BCUT2D eigenvalue weighted by Gasteiger charge is -2.02. The summed E-state index contributed by atoms with van der Waals surface area (Å²) in [5.41, 5.74) is 8.87. The molecule has 4 nitrogen and oxygen atoms in total. The molecule has 4 N–H and O–H groups in total. The minimum absolute atomic E-state index is 0.103. The molecule has 0 atom stereocenters. The lowest BCUT2D eigenvalue weighted by molar-refractivity contribution is 0.0951. The van der Waals surface area contributed by atoms with Crippen molar-refractivity contribution >= 4 is 11.6 Å². The molecule has 0 spiro atoms. The van der Waals surface area contributed by atoms with Gasteiger partial charge in [0.15, 0.2) is 0 Å². The second-order valence-electron chi connectivity index (χ2n) is 3.73. The fourth-order valence-corrected chi connectivity index (χ4v) is 1.68. The molecular weight excluding hydrogens is 214 g/mol. The molecule has 17 heavy (non-hydrogen) atoms. The van der Waals surface area contributed by atoms with Crippen molar-refractivity contribution in [3.8, 4) is 11.3 Å². The van der Waals surface area contributed by atoms with Gasteiger partial charge in [-0.1, -0.05) is 18.2 Å². The number of amides is 1. The molecule has 0 saturated heterocycles. The van der Waals surface area contributed by atoms with Gasteiger partial charge in [0.05, 0.1) is 0 Å². The van der Waals surface area contributed by atoms with Crippen LogP contribution < -0.4 is 11.1 Å². The Morgan fingerprint density at radius 1 is 1.29 bits per heavy atom. The summed E-state index contributed by atoms with van der Waals surface area (Å²) in [6.45, 7) is 2.50. The smallest absolute Gasteiger partial charge is 0.267 e. The van der Waals surface area contributed by atoms with Gasteiger partial charge in [0, 0.05) is 23.5 Å². The van der Waals surface area contributed by atoms with Crippen LogP contribution in [-0.4, -0.2) is 17.4 Å². The third-order valence-electron chi connectivity index (χ3n) is 2.52. The molecule has 1 amide bonds. The number of rotatable bonds is 3. The first-order valence-electron chi connectivity index (χ1n) is 5.54. The number of carbonyl (C=O) groups excluding carboxylic acids is 1. The largest absolute Gasteiger partial charge is 0.398 e. The van der Waals surface area contributed by atoms with E-state index in [0.717, 1.165) is 11.3 Å². The molecule has 0 radical (unpaired) electrons. The first-order chi connectivity index (χ1) is 8.22. The Balaban J connectivity index is 2.30. The maximum atomic E-state index is 11.6. The molecule has 4 heteroatoms. The normalized spacial score (nSPS) is 10.2. The Kier molecular flexibility index (Phi) is 3.14. The molecule has 0 saturated carbocycles. The topological polar surface area (TPSA) is 70.9 Å². The Hall–Kier alpha value is -2.23. The number of aromatic nitrogens is 1. The van der Waals surface area contributed by atoms with Crippen LogP contribution in [0.15, 0.2) is 36.4 Å². The first kappa shape index (κ1) is 11.3. The number of hydrogen-bond acceptors (Lipinski definition) is 2. The van der Waals surface area contributed by atoms with Crippen molar-refractivity contribution in [2.24, 2.45) is 0 Å². The van der Waals surface area contributed by atoms with Gasteiger partial charge < -0.3 is 16.0 Å². The maximum Gasteiger partial charge on any atom is 0.267 e. The highest BCUT2D eigenvalue weighted by molar-refractivity contribution is 5.93. The van der Waals surface area contributed by atoms with Crippen molar-refractivity contribution in [2.45, 2.75) is 6.92 Å². The van der Waals surface area contributed by atoms with Crippen molar-refractivity contribution in [1.82, 2.24) is 10.3 Å². The maximum absolute atomic E-state index is 11.6. The Morgan fingerprint density at radius 3 is 2.76 bits per heavy atom. The van der Waals surface area contributed by atoms with Crippen LogP contribution in [0, 0.1) is 0 Å². The summed E-state index contributed by atoms with van der Waals surface area (Å²) in [5.74, 6) is -0.103. The first-order valence-corrected chi connectivity index (χ1v) is 5.54. The van der Waals surface area contributed by atoms with Gasteiger partial charge >= 0.3 is 0 Å². The number of benzene rings is 1. The predicted molar refractivity (Wildman–Crippen MR) is 68.6 cm³/mol. The average molecular weight is 229 g/mol. The Labute approximate surface area is 99.8 Å². The van der Waals surface area contributed by atoms with Crippen molar-refractivity contribution in [2.75, 3.05) is 12.3 Å². The molecule has 1 aromatic carbocycles. The lowest BCUT2D eigenvalue weighted by Crippen LogP contribution is -2.22. The zero-order chi connectivity index (χ0) is 12.3. The fraction of sp³-hybridized carbons (Fsp3) is 0.154. The van der Waals surface area contributed by atoms with E-state index in [4.69, 9.17) is 5.73 Å². The second kappa shape index (κ2) is 4.74. The van der Waals surface area contributed by atoms with Crippen LogP contribution in [-0.2, 0) is 0 Å². The van der Waals surface area contributed by atoms with Gasteiger partial charge in [-0.05, 0) is 25.1 Å².